The van der Waals surface area contributed by atoms with Crippen LogP contribution >= 0.6 is 0 Å². The lowest BCUT2D eigenvalue weighted by Crippen LogP contribution is -2.63. The number of allylic oxidation sites excluding steroid dienone is 1. The summed E-state index contributed by atoms with van der Waals surface area (Å²) in [5, 5.41) is 76.9. The van der Waals surface area contributed by atoms with Crippen LogP contribution in [0.3, 0.4) is 0 Å². The summed E-state index contributed by atoms with van der Waals surface area (Å²) in [4.78, 5) is 13.3. The summed E-state index contributed by atoms with van der Waals surface area (Å²) in [6.07, 6.45) is 0.520. The highest BCUT2D eigenvalue weighted by Gasteiger charge is 2.69. The second-order valence-electron chi connectivity index (χ2n) is 13.9. The van der Waals surface area contributed by atoms with E-state index in [2.05, 4.69) is 0 Å². The summed E-state index contributed by atoms with van der Waals surface area (Å²) in [6, 6.07) is 0. The molecule has 0 aromatic heterocycles. The molecule has 0 amide bonds. The maximum Gasteiger partial charge on any atom is 0.159 e. The predicted molar refractivity (Wildman–Crippen MR) is 133 cm³/mol. The normalized spacial score (nSPS) is 47.1. The molecule has 0 bridgehead atoms. The minimum absolute atomic E-state index is 0.134. The molecule has 0 saturated heterocycles. The number of hydrogen-bond donors (Lipinski definition) is 7. The van der Waals surface area contributed by atoms with Crippen molar-refractivity contribution in [2.75, 3.05) is 0 Å². The Labute approximate surface area is 214 Å². The first-order valence-corrected chi connectivity index (χ1v) is 13.4. The van der Waals surface area contributed by atoms with E-state index >= 15 is 0 Å². The van der Waals surface area contributed by atoms with Gasteiger partial charge in [-0.3, -0.25) is 4.79 Å². The number of aliphatic hydroxyl groups is 7. The number of hydrogen-bond acceptors (Lipinski definition) is 8. The number of aliphatic hydroxyl groups excluding tert-OH is 3. The highest BCUT2D eigenvalue weighted by molar-refractivity contribution is 5.95. The minimum atomic E-state index is -1.67. The third kappa shape index (κ3) is 3.78. The number of carbonyl (C=O) groups is 1. The van der Waals surface area contributed by atoms with Crippen LogP contribution in [-0.4, -0.2) is 82.2 Å². The molecule has 4 aliphatic carbocycles. The highest BCUT2D eigenvalue weighted by atomic mass is 16.4. The van der Waals surface area contributed by atoms with Gasteiger partial charge in [-0.1, -0.05) is 13.8 Å². The van der Waals surface area contributed by atoms with Crippen LogP contribution in [0.15, 0.2) is 11.6 Å². The van der Waals surface area contributed by atoms with Gasteiger partial charge >= 0.3 is 0 Å². The molecule has 3 saturated carbocycles. The van der Waals surface area contributed by atoms with Gasteiger partial charge in [-0.15, -0.1) is 0 Å². The van der Waals surface area contributed by atoms with Crippen molar-refractivity contribution >= 4 is 5.78 Å². The summed E-state index contributed by atoms with van der Waals surface area (Å²) in [5.74, 6) is -1.21. The molecule has 7 N–H and O–H groups in total. The first kappa shape index (κ1) is 28.1. The van der Waals surface area contributed by atoms with E-state index in [1.54, 1.807) is 6.08 Å². The van der Waals surface area contributed by atoms with Gasteiger partial charge in [0.05, 0.1) is 40.7 Å². The molecule has 4 rings (SSSR count). The molecule has 1 unspecified atom stereocenters. The van der Waals surface area contributed by atoms with Gasteiger partial charge in [0, 0.05) is 17.8 Å². The van der Waals surface area contributed by atoms with Gasteiger partial charge in [0.25, 0.3) is 0 Å². The van der Waals surface area contributed by atoms with Crippen molar-refractivity contribution in [2.45, 2.75) is 127 Å². The molecule has 0 aliphatic heterocycles. The lowest BCUT2D eigenvalue weighted by Gasteiger charge is -2.60. The molecular weight excluding hydrogens is 464 g/mol. The molecule has 36 heavy (non-hydrogen) atoms. The number of fused-ring (bicyclic) bond motifs is 5. The van der Waals surface area contributed by atoms with Crippen LogP contribution in [0.5, 0.6) is 0 Å². The molecule has 0 aromatic rings. The lowest BCUT2D eigenvalue weighted by molar-refractivity contribution is -0.197. The van der Waals surface area contributed by atoms with Crippen molar-refractivity contribution in [2.24, 2.45) is 28.6 Å². The first-order chi connectivity index (χ1) is 16.2. The Hall–Kier alpha value is -0.870. The zero-order valence-electron chi connectivity index (χ0n) is 22.5. The van der Waals surface area contributed by atoms with E-state index in [0.29, 0.717) is 31.3 Å². The van der Waals surface area contributed by atoms with Crippen LogP contribution in [0.1, 0.15) is 86.5 Å². The molecular formula is C28H46O8. The van der Waals surface area contributed by atoms with Crippen LogP contribution in [0.2, 0.25) is 0 Å². The van der Waals surface area contributed by atoms with Crippen molar-refractivity contribution < 1.29 is 40.5 Å². The maximum atomic E-state index is 13.3. The summed E-state index contributed by atoms with van der Waals surface area (Å²) < 4.78 is 0. The van der Waals surface area contributed by atoms with Crippen molar-refractivity contribution in [3.05, 3.63) is 11.6 Å². The maximum absolute atomic E-state index is 13.3. The van der Waals surface area contributed by atoms with Gasteiger partial charge in [0.1, 0.15) is 0 Å². The molecule has 0 spiro atoms. The zero-order chi connectivity index (χ0) is 27.3. The molecule has 0 radical (unpaired) electrons. The van der Waals surface area contributed by atoms with Gasteiger partial charge < -0.3 is 35.7 Å². The second kappa shape index (κ2) is 8.31. The molecule has 206 valence electrons. The van der Waals surface area contributed by atoms with E-state index in [1.807, 2.05) is 13.8 Å². The first-order valence-electron chi connectivity index (χ1n) is 13.4. The van der Waals surface area contributed by atoms with Crippen molar-refractivity contribution in [3.8, 4) is 0 Å². The van der Waals surface area contributed by atoms with Gasteiger partial charge in [-0.05, 0) is 95.1 Å². The standard InChI is InChI=1S/C28H46O8/c1-23(2,33)26(5,34)14-22(32)27(6,35)21-8-10-28(36)16-11-18(29)17-12-19(30)20(31)13-24(17,3)15(16)7-9-25(21,28)4/h11,15,17,19-22,30-36H,7-10,12-14H2,1-6H3/t15-,17-,19+,20-,21-,22+,24+,25+,26?,27+,28+/m0/s1. The van der Waals surface area contributed by atoms with E-state index in [9.17, 15) is 40.5 Å². The van der Waals surface area contributed by atoms with Crippen molar-refractivity contribution in [1.82, 2.24) is 0 Å². The van der Waals surface area contributed by atoms with E-state index in [4.69, 9.17) is 0 Å². The summed E-state index contributed by atoms with van der Waals surface area (Å²) in [5.41, 5.74) is -6.96. The third-order valence-electron chi connectivity index (χ3n) is 11.4. The Morgan fingerprint density at radius 2 is 1.61 bits per heavy atom. The van der Waals surface area contributed by atoms with Crippen LogP contribution in [0.25, 0.3) is 0 Å². The topological polar surface area (TPSA) is 159 Å². The van der Waals surface area contributed by atoms with Gasteiger partial charge in [-0.25, -0.2) is 0 Å². The molecule has 4 aliphatic rings. The Balaban J connectivity index is 1.68. The third-order valence-corrected chi connectivity index (χ3v) is 11.4. The Morgan fingerprint density at radius 1 is 1.00 bits per heavy atom. The number of rotatable bonds is 5. The van der Waals surface area contributed by atoms with E-state index in [0.717, 1.165) is 0 Å². The van der Waals surface area contributed by atoms with Crippen LogP contribution in [0, 0.1) is 28.6 Å². The smallest absolute Gasteiger partial charge is 0.159 e. The Kier molecular flexibility index (Phi) is 6.50. The largest absolute Gasteiger partial charge is 0.390 e. The molecule has 0 heterocycles. The lowest BCUT2D eigenvalue weighted by atomic mass is 9.45. The molecule has 8 nitrogen and oxygen atoms in total. The van der Waals surface area contributed by atoms with E-state index in [1.165, 1.54) is 27.7 Å². The van der Waals surface area contributed by atoms with Gasteiger partial charge in [0.2, 0.25) is 0 Å². The van der Waals surface area contributed by atoms with E-state index in [-0.39, 0.29) is 31.0 Å². The zero-order valence-corrected chi connectivity index (χ0v) is 22.5. The van der Waals surface area contributed by atoms with Crippen molar-refractivity contribution in [3.63, 3.8) is 0 Å². The number of carbonyl (C=O) groups excluding carboxylic acids is 1. The second-order valence-corrected chi connectivity index (χ2v) is 13.9. The Morgan fingerprint density at radius 3 is 2.19 bits per heavy atom. The fraction of sp³-hybridized carbons (Fsp3) is 0.893. The summed E-state index contributed by atoms with van der Waals surface area (Å²) >= 11 is 0. The molecule has 8 heteroatoms. The fourth-order valence-electron chi connectivity index (χ4n) is 8.37. The van der Waals surface area contributed by atoms with Gasteiger partial charge in [-0.2, -0.15) is 0 Å². The summed E-state index contributed by atoms with van der Waals surface area (Å²) in [7, 11) is 0. The fourth-order valence-corrected chi connectivity index (χ4v) is 8.37. The van der Waals surface area contributed by atoms with Crippen molar-refractivity contribution in [1.29, 1.82) is 0 Å². The highest BCUT2D eigenvalue weighted by Crippen LogP contribution is 2.68. The van der Waals surface area contributed by atoms with Crippen LogP contribution in [0.4, 0.5) is 0 Å². The van der Waals surface area contributed by atoms with E-state index < -0.39 is 63.4 Å². The molecule has 11 atom stereocenters. The summed E-state index contributed by atoms with van der Waals surface area (Å²) in [6.45, 7) is 9.76. The molecule has 3 fully saturated rings. The SMILES string of the molecule is CC(C)(O)C(C)(O)C[C@@H](O)[C@](C)(O)[C@H]1CC[C@@]2(O)C3=CC(=O)[C@@H]4C[C@@H](O)[C@@H](O)C[C@]4(C)[C@H]3CC[C@]12C. The quantitative estimate of drug-likeness (QED) is 0.291. The molecule has 0 aromatic carbocycles. The monoisotopic (exact) mass is 510 g/mol. The van der Waals surface area contributed by atoms with Crippen LogP contribution < -0.4 is 0 Å². The van der Waals surface area contributed by atoms with Gasteiger partial charge in [0.15, 0.2) is 5.78 Å². The number of ketones is 1. The predicted octanol–water partition coefficient (Wildman–Crippen LogP) is 1.21. The average Bonchev–Trinajstić information content (AvgIpc) is 3.01. The Bertz CT molecular complexity index is 934. The minimum Gasteiger partial charge on any atom is -0.390 e. The average molecular weight is 511 g/mol. The van der Waals surface area contributed by atoms with Crippen LogP contribution in [-0.2, 0) is 4.79 Å².